The summed E-state index contributed by atoms with van der Waals surface area (Å²) in [6, 6.07) is 4.49. The van der Waals surface area contributed by atoms with Gasteiger partial charge < -0.3 is 10.6 Å². The number of para-hydroxylation sites is 1. The van der Waals surface area contributed by atoms with E-state index < -0.39 is 4.92 Å². The van der Waals surface area contributed by atoms with E-state index in [2.05, 4.69) is 17.6 Å². The molecule has 0 bridgehead atoms. The maximum Gasteiger partial charge on any atom is 0.293 e. The molecule has 0 atom stereocenters. The van der Waals surface area contributed by atoms with Crippen molar-refractivity contribution in [1.82, 2.24) is 5.32 Å². The van der Waals surface area contributed by atoms with Crippen molar-refractivity contribution >= 4 is 17.3 Å². The maximum absolute atomic E-state index is 12.1. The summed E-state index contributed by atoms with van der Waals surface area (Å²) in [5.74, 6) is -0.277. The molecule has 2 N–H and O–H groups in total. The molecule has 2 rings (SSSR count). The van der Waals surface area contributed by atoms with Gasteiger partial charge in [0.1, 0.15) is 5.69 Å². The molecule has 102 valence electrons. The van der Waals surface area contributed by atoms with Crippen LogP contribution in [0.4, 0.5) is 11.4 Å². The molecule has 19 heavy (non-hydrogen) atoms. The Morgan fingerprint density at radius 3 is 2.68 bits per heavy atom. The van der Waals surface area contributed by atoms with Gasteiger partial charge in [0.05, 0.1) is 10.5 Å². The molecule has 6 nitrogen and oxygen atoms in total. The highest BCUT2D eigenvalue weighted by Gasteiger charge is 2.37. The Hall–Kier alpha value is -2.11. The van der Waals surface area contributed by atoms with Crippen LogP contribution in [0.1, 0.15) is 30.1 Å². The zero-order valence-corrected chi connectivity index (χ0v) is 11.0. The Kier molecular flexibility index (Phi) is 3.42. The van der Waals surface area contributed by atoms with Crippen molar-refractivity contribution in [3.8, 4) is 0 Å². The van der Waals surface area contributed by atoms with Gasteiger partial charge in [0.2, 0.25) is 0 Å². The van der Waals surface area contributed by atoms with Crippen molar-refractivity contribution in [3.05, 3.63) is 33.9 Å². The fourth-order valence-corrected chi connectivity index (χ4v) is 1.92. The van der Waals surface area contributed by atoms with Crippen LogP contribution in [0.3, 0.4) is 0 Å². The van der Waals surface area contributed by atoms with E-state index in [9.17, 15) is 14.9 Å². The summed E-state index contributed by atoms with van der Waals surface area (Å²) in [6.45, 7) is 2.72. The molecular weight excluding hydrogens is 246 g/mol. The Labute approximate surface area is 111 Å². The first kappa shape index (κ1) is 13.3. The molecule has 1 aliphatic carbocycles. The minimum Gasteiger partial charge on any atom is -0.382 e. The van der Waals surface area contributed by atoms with Crippen LogP contribution in [0, 0.1) is 15.5 Å². The minimum atomic E-state index is -0.495. The van der Waals surface area contributed by atoms with Crippen molar-refractivity contribution < 1.29 is 9.72 Å². The monoisotopic (exact) mass is 263 g/mol. The van der Waals surface area contributed by atoms with E-state index in [0.29, 0.717) is 12.1 Å². The highest BCUT2D eigenvalue weighted by molar-refractivity contribution is 6.01. The number of benzene rings is 1. The molecule has 1 aromatic rings. The molecule has 1 aromatic carbocycles. The van der Waals surface area contributed by atoms with Crippen molar-refractivity contribution in [2.45, 2.75) is 19.8 Å². The fourth-order valence-electron chi connectivity index (χ4n) is 1.92. The normalized spacial score (nSPS) is 15.7. The van der Waals surface area contributed by atoms with Crippen LogP contribution in [0.2, 0.25) is 0 Å². The molecule has 0 radical (unpaired) electrons. The Morgan fingerprint density at radius 1 is 1.47 bits per heavy atom. The smallest absolute Gasteiger partial charge is 0.293 e. The molecule has 0 saturated heterocycles. The van der Waals surface area contributed by atoms with Crippen LogP contribution in [0.15, 0.2) is 18.2 Å². The summed E-state index contributed by atoms with van der Waals surface area (Å²) < 4.78 is 0. The SMILES string of the molecule is CNc1c(C(=O)NCC2(C)CC2)cccc1[N+](=O)[O-]. The molecule has 0 unspecified atom stereocenters. The third kappa shape index (κ3) is 2.83. The highest BCUT2D eigenvalue weighted by atomic mass is 16.6. The number of anilines is 1. The first-order valence-electron chi connectivity index (χ1n) is 6.20. The predicted molar refractivity (Wildman–Crippen MR) is 72.3 cm³/mol. The Balaban J connectivity index is 2.20. The standard InChI is InChI=1S/C13H17N3O3/c1-13(6-7-13)8-15-12(17)9-4-3-5-10(16(18)19)11(9)14-2/h3-5,14H,6-8H2,1-2H3,(H,15,17). The van der Waals surface area contributed by atoms with Crippen LogP contribution in [0.5, 0.6) is 0 Å². The lowest BCUT2D eigenvalue weighted by Gasteiger charge is -2.12. The van der Waals surface area contributed by atoms with Crippen molar-refractivity contribution in [2.75, 3.05) is 18.9 Å². The first-order valence-corrected chi connectivity index (χ1v) is 6.20. The molecular formula is C13H17N3O3. The molecule has 0 spiro atoms. The van der Waals surface area contributed by atoms with Gasteiger partial charge in [-0.2, -0.15) is 0 Å². The number of hydrogen-bond donors (Lipinski definition) is 2. The number of carbonyl (C=O) groups is 1. The highest BCUT2D eigenvalue weighted by Crippen LogP contribution is 2.44. The average molecular weight is 263 g/mol. The summed E-state index contributed by atoms with van der Waals surface area (Å²) in [7, 11) is 1.57. The summed E-state index contributed by atoms with van der Waals surface area (Å²) in [4.78, 5) is 22.5. The van der Waals surface area contributed by atoms with Crippen molar-refractivity contribution in [3.63, 3.8) is 0 Å². The lowest BCUT2D eigenvalue weighted by molar-refractivity contribution is -0.384. The van der Waals surface area contributed by atoms with E-state index >= 15 is 0 Å². The average Bonchev–Trinajstić information content (AvgIpc) is 3.13. The molecule has 1 amide bonds. The molecule has 0 heterocycles. The number of nitro groups is 1. The van der Waals surface area contributed by atoms with Gasteiger partial charge in [-0.25, -0.2) is 0 Å². The second-order valence-electron chi connectivity index (χ2n) is 5.20. The van der Waals surface area contributed by atoms with Gasteiger partial charge in [0.15, 0.2) is 0 Å². The summed E-state index contributed by atoms with van der Waals surface area (Å²) in [5, 5.41) is 16.5. The zero-order valence-electron chi connectivity index (χ0n) is 11.0. The number of carbonyl (C=O) groups excluding carboxylic acids is 1. The second-order valence-corrected chi connectivity index (χ2v) is 5.20. The molecule has 0 aliphatic heterocycles. The fraction of sp³-hybridized carbons (Fsp3) is 0.462. The van der Waals surface area contributed by atoms with E-state index in [4.69, 9.17) is 0 Å². The van der Waals surface area contributed by atoms with E-state index in [1.165, 1.54) is 12.1 Å². The van der Waals surface area contributed by atoms with Gasteiger partial charge >= 0.3 is 0 Å². The van der Waals surface area contributed by atoms with Gasteiger partial charge in [-0.15, -0.1) is 0 Å². The summed E-state index contributed by atoms with van der Waals surface area (Å²) in [5.41, 5.74) is 0.676. The second kappa shape index (κ2) is 4.87. The maximum atomic E-state index is 12.1. The molecule has 1 fully saturated rings. The Bertz CT molecular complexity index is 524. The molecule has 1 saturated carbocycles. The van der Waals surface area contributed by atoms with Crippen LogP contribution < -0.4 is 10.6 Å². The summed E-state index contributed by atoms with van der Waals surface area (Å²) >= 11 is 0. The zero-order chi connectivity index (χ0) is 14.0. The Morgan fingerprint density at radius 2 is 2.16 bits per heavy atom. The number of hydrogen-bond acceptors (Lipinski definition) is 4. The van der Waals surface area contributed by atoms with Gasteiger partial charge in [0, 0.05) is 19.7 Å². The molecule has 6 heteroatoms. The van der Waals surface area contributed by atoms with E-state index in [1.807, 2.05) is 0 Å². The van der Waals surface area contributed by atoms with Crippen LogP contribution >= 0.6 is 0 Å². The number of nitro benzene ring substituents is 1. The van der Waals surface area contributed by atoms with Crippen molar-refractivity contribution in [1.29, 1.82) is 0 Å². The third-order valence-corrected chi connectivity index (χ3v) is 3.51. The van der Waals surface area contributed by atoms with Crippen LogP contribution in [-0.4, -0.2) is 24.4 Å². The minimum absolute atomic E-state index is 0.0900. The van der Waals surface area contributed by atoms with E-state index in [-0.39, 0.29) is 22.7 Å². The topological polar surface area (TPSA) is 84.3 Å². The van der Waals surface area contributed by atoms with Crippen LogP contribution in [0.25, 0.3) is 0 Å². The lowest BCUT2D eigenvalue weighted by Crippen LogP contribution is -2.29. The predicted octanol–water partition coefficient (Wildman–Crippen LogP) is 2.17. The summed E-state index contributed by atoms with van der Waals surface area (Å²) in [6.07, 6.45) is 2.22. The lowest BCUT2D eigenvalue weighted by atomic mass is 10.1. The molecule has 1 aliphatic rings. The van der Waals surface area contributed by atoms with Gasteiger partial charge in [-0.05, 0) is 24.3 Å². The number of nitrogens with one attached hydrogen (secondary N) is 2. The van der Waals surface area contributed by atoms with Gasteiger partial charge in [-0.1, -0.05) is 13.0 Å². The van der Waals surface area contributed by atoms with Crippen molar-refractivity contribution in [2.24, 2.45) is 5.41 Å². The first-order chi connectivity index (χ1) is 8.97. The number of nitrogens with zero attached hydrogens (tertiary/aromatic N) is 1. The van der Waals surface area contributed by atoms with E-state index in [0.717, 1.165) is 12.8 Å². The number of amides is 1. The third-order valence-electron chi connectivity index (χ3n) is 3.51. The van der Waals surface area contributed by atoms with Crippen LogP contribution in [-0.2, 0) is 0 Å². The van der Waals surface area contributed by atoms with Gasteiger partial charge in [0.25, 0.3) is 11.6 Å². The van der Waals surface area contributed by atoms with Gasteiger partial charge in [-0.3, -0.25) is 14.9 Å². The molecule has 0 aromatic heterocycles. The van der Waals surface area contributed by atoms with E-state index in [1.54, 1.807) is 13.1 Å². The number of rotatable bonds is 5. The largest absolute Gasteiger partial charge is 0.382 e. The quantitative estimate of drug-likeness (QED) is 0.629.